The number of carbonyl (C=O) groups is 1. The number of rotatable bonds is 2. The predicted octanol–water partition coefficient (Wildman–Crippen LogP) is 5.81. The van der Waals surface area contributed by atoms with Crippen molar-refractivity contribution < 1.29 is 9.21 Å². The molecule has 4 aromatic rings. The highest BCUT2D eigenvalue weighted by atomic mass is 35.5. The largest absolute Gasteiger partial charge is 0.450 e. The van der Waals surface area contributed by atoms with Gasteiger partial charge in [-0.25, -0.2) is 0 Å². The molecular formula is C25H18ClNO3. The maximum Gasteiger partial charge on any atom is 0.295 e. The minimum absolute atomic E-state index is 0.0851. The Morgan fingerprint density at radius 3 is 2.40 bits per heavy atom. The van der Waals surface area contributed by atoms with Crippen LogP contribution in [0.2, 0.25) is 5.02 Å². The first kappa shape index (κ1) is 18.6. The third-order valence-corrected chi connectivity index (χ3v) is 5.74. The molecule has 2 heterocycles. The lowest BCUT2D eigenvalue weighted by molar-refractivity contribution is 0.0971. The zero-order valence-corrected chi connectivity index (χ0v) is 17.2. The Kier molecular flexibility index (Phi) is 4.26. The summed E-state index contributed by atoms with van der Waals surface area (Å²) in [6.07, 6.45) is 0. The number of hydrogen-bond acceptors (Lipinski definition) is 3. The van der Waals surface area contributed by atoms with E-state index in [1.54, 1.807) is 23.1 Å². The molecule has 1 unspecified atom stereocenters. The van der Waals surface area contributed by atoms with Gasteiger partial charge in [0.1, 0.15) is 5.58 Å². The summed E-state index contributed by atoms with van der Waals surface area (Å²) in [5.41, 5.74) is 4.16. The van der Waals surface area contributed by atoms with Crippen LogP contribution in [-0.2, 0) is 0 Å². The number of benzene rings is 3. The third-order valence-electron chi connectivity index (χ3n) is 5.51. The molecule has 0 radical (unpaired) electrons. The van der Waals surface area contributed by atoms with Crippen LogP contribution in [0.25, 0.3) is 11.0 Å². The van der Waals surface area contributed by atoms with Crippen molar-refractivity contribution in [3.8, 4) is 0 Å². The normalized spacial score (nSPS) is 15.6. The van der Waals surface area contributed by atoms with Gasteiger partial charge in [-0.2, -0.15) is 0 Å². The van der Waals surface area contributed by atoms with Gasteiger partial charge in [0, 0.05) is 10.7 Å². The van der Waals surface area contributed by atoms with Gasteiger partial charge in [0.25, 0.3) is 5.91 Å². The predicted molar refractivity (Wildman–Crippen MR) is 119 cm³/mol. The fourth-order valence-electron chi connectivity index (χ4n) is 4.05. The first-order valence-corrected chi connectivity index (χ1v) is 10.0. The lowest BCUT2D eigenvalue weighted by Gasteiger charge is -2.25. The first-order valence-electron chi connectivity index (χ1n) is 9.67. The van der Waals surface area contributed by atoms with Crippen LogP contribution in [0.3, 0.4) is 0 Å². The molecule has 3 aromatic carbocycles. The van der Waals surface area contributed by atoms with Crippen LogP contribution in [-0.4, -0.2) is 5.91 Å². The molecule has 0 N–H and O–H groups in total. The zero-order valence-electron chi connectivity index (χ0n) is 16.5. The fraction of sp³-hybridized carbons (Fsp3) is 0.120. The van der Waals surface area contributed by atoms with Gasteiger partial charge >= 0.3 is 0 Å². The van der Waals surface area contributed by atoms with E-state index in [1.165, 1.54) is 0 Å². The molecular weight excluding hydrogens is 398 g/mol. The second-order valence-corrected chi connectivity index (χ2v) is 8.08. The molecule has 1 atom stereocenters. The van der Waals surface area contributed by atoms with Crippen molar-refractivity contribution in [2.75, 3.05) is 4.90 Å². The smallest absolute Gasteiger partial charge is 0.295 e. The first-order chi connectivity index (χ1) is 14.4. The SMILES string of the molecule is Cc1ccc(C2c3c(oc4ccc(Cl)cc4c3=O)C(=O)N2c2cccc(C)c2)cc1. The minimum atomic E-state index is -0.575. The van der Waals surface area contributed by atoms with E-state index < -0.39 is 6.04 Å². The lowest BCUT2D eigenvalue weighted by Crippen LogP contribution is -2.29. The quantitative estimate of drug-likeness (QED) is 0.415. The summed E-state index contributed by atoms with van der Waals surface area (Å²) in [6.45, 7) is 3.97. The van der Waals surface area contributed by atoms with Gasteiger partial charge in [0.15, 0.2) is 5.43 Å². The second-order valence-electron chi connectivity index (χ2n) is 7.64. The standard InChI is InChI=1S/C25H18ClNO3/c1-14-6-8-16(9-7-14)22-21-23(28)19-13-17(26)10-11-20(19)30-24(21)25(29)27(22)18-5-3-4-15(2)12-18/h3-13,22H,1-2H3. The molecule has 0 bridgehead atoms. The van der Waals surface area contributed by atoms with Crippen molar-refractivity contribution >= 4 is 34.2 Å². The van der Waals surface area contributed by atoms with Gasteiger partial charge in [0.05, 0.1) is 17.0 Å². The summed E-state index contributed by atoms with van der Waals surface area (Å²) in [5, 5.41) is 0.818. The van der Waals surface area contributed by atoms with E-state index in [0.29, 0.717) is 21.6 Å². The Hall–Kier alpha value is -3.37. The number of aryl methyl sites for hydroxylation is 2. The van der Waals surface area contributed by atoms with Crippen LogP contribution in [0.15, 0.2) is 75.9 Å². The molecule has 30 heavy (non-hydrogen) atoms. The van der Waals surface area contributed by atoms with Gasteiger partial charge in [-0.15, -0.1) is 0 Å². The van der Waals surface area contributed by atoms with E-state index in [1.807, 2.05) is 62.4 Å². The van der Waals surface area contributed by atoms with Crippen LogP contribution < -0.4 is 10.3 Å². The maximum atomic E-state index is 13.5. The Bertz CT molecular complexity index is 1370. The molecule has 0 fully saturated rings. The topological polar surface area (TPSA) is 50.5 Å². The molecule has 0 aliphatic carbocycles. The van der Waals surface area contributed by atoms with Crippen molar-refractivity contribution in [3.63, 3.8) is 0 Å². The van der Waals surface area contributed by atoms with Crippen LogP contribution in [0.1, 0.15) is 38.9 Å². The molecule has 0 saturated carbocycles. The summed E-state index contributed by atoms with van der Waals surface area (Å²) in [7, 11) is 0. The van der Waals surface area contributed by atoms with E-state index in [9.17, 15) is 9.59 Å². The molecule has 0 spiro atoms. The molecule has 1 aromatic heterocycles. The summed E-state index contributed by atoms with van der Waals surface area (Å²) < 4.78 is 5.96. The number of anilines is 1. The van der Waals surface area contributed by atoms with E-state index in [-0.39, 0.29) is 17.1 Å². The highest BCUT2D eigenvalue weighted by Gasteiger charge is 2.43. The summed E-state index contributed by atoms with van der Waals surface area (Å²) >= 11 is 6.13. The van der Waals surface area contributed by atoms with Crippen molar-refractivity contribution in [1.82, 2.24) is 0 Å². The van der Waals surface area contributed by atoms with Crippen LogP contribution in [0.4, 0.5) is 5.69 Å². The second kappa shape index (κ2) is 6.85. The van der Waals surface area contributed by atoms with Crippen LogP contribution >= 0.6 is 11.6 Å². The average molecular weight is 416 g/mol. The van der Waals surface area contributed by atoms with Gasteiger partial charge in [0.2, 0.25) is 5.76 Å². The summed E-state index contributed by atoms with van der Waals surface area (Å²) in [6, 6.07) is 19.8. The van der Waals surface area contributed by atoms with Gasteiger partial charge in [-0.05, 0) is 55.3 Å². The van der Waals surface area contributed by atoms with E-state index in [0.717, 1.165) is 22.4 Å². The van der Waals surface area contributed by atoms with Gasteiger partial charge < -0.3 is 4.42 Å². The van der Waals surface area contributed by atoms with E-state index in [4.69, 9.17) is 16.0 Å². The molecule has 4 nitrogen and oxygen atoms in total. The highest BCUT2D eigenvalue weighted by Crippen LogP contribution is 2.41. The van der Waals surface area contributed by atoms with E-state index in [2.05, 4.69) is 0 Å². The van der Waals surface area contributed by atoms with Gasteiger partial charge in [-0.3, -0.25) is 14.5 Å². The maximum absolute atomic E-state index is 13.5. The fourth-order valence-corrected chi connectivity index (χ4v) is 4.23. The zero-order chi connectivity index (χ0) is 21.0. The molecule has 5 rings (SSSR count). The van der Waals surface area contributed by atoms with Crippen LogP contribution in [0.5, 0.6) is 0 Å². The third kappa shape index (κ3) is 2.84. The number of halogens is 1. The van der Waals surface area contributed by atoms with Crippen molar-refractivity contribution in [3.05, 3.63) is 110 Å². The Labute approximate surface area is 178 Å². The van der Waals surface area contributed by atoms with E-state index >= 15 is 0 Å². The summed E-state index contributed by atoms with van der Waals surface area (Å²) in [4.78, 5) is 28.7. The minimum Gasteiger partial charge on any atom is -0.450 e. The van der Waals surface area contributed by atoms with Crippen molar-refractivity contribution in [2.45, 2.75) is 19.9 Å². The monoisotopic (exact) mass is 415 g/mol. The molecule has 1 aliphatic heterocycles. The number of fused-ring (bicyclic) bond motifs is 2. The number of amides is 1. The lowest BCUT2D eigenvalue weighted by atomic mass is 9.97. The molecule has 0 saturated heterocycles. The number of carbonyl (C=O) groups excluding carboxylic acids is 1. The number of nitrogens with zero attached hydrogens (tertiary/aromatic N) is 1. The molecule has 1 aliphatic rings. The molecule has 148 valence electrons. The Balaban J connectivity index is 1.83. The summed E-state index contributed by atoms with van der Waals surface area (Å²) in [5.74, 6) is -0.239. The Morgan fingerprint density at radius 2 is 1.67 bits per heavy atom. The van der Waals surface area contributed by atoms with Crippen molar-refractivity contribution in [1.29, 1.82) is 0 Å². The van der Waals surface area contributed by atoms with Gasteiger partial charge in [-0.1, -0.05) is 53.6 Å². The van der Waals surface area contributed by atoms with Crippen molar-refractivity contribution in [2.24, 2.45) is 0 Å². The molecule has 1 amide bonds. The van der Waals surface area contributed by atoms with Crippen LogP contribution in [0, 0.1) is 13.8 Å². The highest BCUT2D eigenvalue weighted by molar-refractivity contribution is 6.31. The molecule has 5 heteroatoms. The Morgan fingerprint density at radius 1 is 0.900 bits per heavy atom. The average Bonchev–Trinajstić information content (AvgIpc) is 3.02. The number of hydrogen-bond donors (Lipinski definition) is 0.